The Balaban J connectivity index is 1.65. The third-order valence-corrected chi connectivity index (χ3v) is 6.95. The van der Waals surface area contributed by atoms with Gasteiger partial charge in [0.15, 0.2) is 0 Å². The summed E-state index contributed by atoms with van der Waals surface area (Å²) in [6.07, 6.45) is 0. The van der Waals surface area contributed by atoms with Crippen molar-refractivity contribution in [2.75, 3.05) is 18.9 Å². The van der Waals surface area contributed by atoms with Crippen LogP contribution in [0.1, 0.15) is 18.5 Å². The molecule has 2 aliphatic heterocycles. The number of β-lactam (4-membered cyclic amide) rings is 1. The molecule has 2 heterocycles. The second-order valence-corrected chi connectivity index (χ2v) is 8.72. The van der Waals surface area contributed by atoms with Crippen molar-refractivity contribution in [2.45, 2.75) is 24.4 Å². The molecule has 2 fully saturated rings. The summed E-state index contributed by atoms with van der Waals surface area (Å²) < 4.78 is 4.89. The van der Waals surface area contributed by atoms with Crippen LogP contribution in [0.3, 0.4) is 0 Å². The Hall–Kier alpha value is -2.50. The number of thioether (sulfide) groups is 1. The van der Waals surface area contributed by atoms with E-state index in [4.69, 9.17) is 22.1 Å². The monoisotopic (exact) mass is 457 g/mol. The molecule has 1 aromatic carbocycles. The number of ether oxygens (including phenoxy) is 1. The van der Waals surface area contributed by atoms with Gasteiger partial charge in [-0.3, -0.25) is 19.2 Å². The Labute approximate surface area is 180 Å². The van der Waals surface area contributed by atoms with Crippen LogP contribution in [0.25, 0.3) is 0 Å². The second-order valence-electron chi connectivity index (χ2n) is 7.21. The number of rotatable bonds is 6. The van der Waals surface area contributed by atoms with Crippen molar-refractivity contribution in [3.8, 4) is 5.75 Å². The molecule has 0 saturated carbocycles. The van der Waals surface area contributed by atoms with E-state index in [1.54, 1.807) is 0 Å². The number of halogens is 1. The van der Waals surface area contributed by atoms with Gasteiger partial charge in [-0.25, -0.2) is 0 Å². The van der Waals surface area contributed by atoms with Crippen LogP contribution in [0.5, 0.6) is 5.75 Å². The molecule has 0 radical (unpaired) electrons. The highest BCUT2D eigenvalue weighted by Gasteiger charge is 2.58. The number of esters is 1. The van der Waals surface area contributed by atoms with Crippen LogP contribution in [0.4, 0.5) is 0 Å². The van der Waals surface area contributed by atoms with E-state index in [-0.39, 0.29) is 29.7 Å². The minimum absolute atomic E-state index is 0.0438. The van der Waals surface area contributed by atoms with Crippen molar-refractivity contribution in [1.29, 1.82) is 0 Å². The van der Waals surface area contributed by atoms with Gasteiger partial charge in [0.05, 0.1) is 5.02 Å². The number of phenolic OH excluding ortho intramolecular Hbond substituents is 1. The maximum absolute atomic E-state index is 12.5. The van der Waals surface area contributed by atoms with Crippen LogP contribution in [-0.4, -0.2) is 69.2 Å². The normalized spacial score (nSPS) is 26.2. The number of fused-ring (bicyclic) bond motifs is 1. The summed E-state index contributed by atoms with van der Waals surface area (Å²) in [5, 5.41) is 21.3. The van der Waals surface area contributed by atoms with Gasteiger partial charge < -0.3 is 30.9 Å². The van der Waals surface area contributed by atoms with Crippen molar-refractivity contribution >= 4 is 47.1 Å². The van der Waals surface area contributed by atoms with Crippen LogP contribution in [0, 0.1) is 5.41 Å². The number of aliphatic carboxylic acids is 1. The average molecular weight is 458 g/mol. The third-order valence-electron chi connectivity index (χ3n) is 5.06. The zero-order valence-corrected chi connectivity index (χ0v) is 17.4. The fourth-order valence-electron chi connectivity index (χ4n) is 3.26. The largest absolute Gasteiger partial charge is 0.506 e. The number of hydrogen-bond donors (Lipinski definition) is 4. The molecular weight excluding hydrogens is 438 g/mol. The quantitative estimate of drug-likeness (QED) is 0.342. The topological polar surface area (TPSA) is 159 Å². The third kappa shape index (κ3) is 4.05. The number of hydrogen-bond acceptors (Lipinski definition) is 8. The van der Waals surface area contributed by atoms with Crippen molar-refractivity contribution < 1.29 is 34.1 Å². The zero-order chi connectivity index (χ0) is 22.2. The lowest BCUT2D eigenvalue weighted by molar-refractivity contribution is -0.164. The number of carbonyl (C=O) groups is 4. The molecule has 0 aromatic heterocycles. The first kappa shape index (κ1) is 22.2. The lowest BCUT2D eigenvalue weighted by atomic mass is 9.88. The minimum Gasteiger partial charge on any atom is -0.506 e. The molecule has 0 bridgehead atoms. The number of amides is 2. The highest BCUT2D eigenvalue weighted by atomic mass is 35.5. The molecule has 30 heavy (non-hydrogen) atoms. The van der Waals surface area contributed by atoms with Crippen LogP contribution in [0.15, 0.2) is 18.2 Å². The molecule has 5 N–H and O–H groups in total. The number of nitrogens with zero attached hydrogens (tertiary/aromatic N) is 1. The van der Waals surface area contributed by atoms with E-state index < -0.39 is 46.6 Å². The number of aromatic hydroxyl groups is 1. The van der Waals surface area contributed by atoms with Crippen molar-refractivity contribution in [3.63, 3.8) is 0 Å². The van der Waals surface area contributed by atoms with Crippen molar-refractivity contribution in [3.05, 3.63) is 28.8 Å². The molecule has 2 saturated heterocycles. The number of benzene rings is 1. The van der Waals surface area contributed by atoms with E-state index in [9.17, 15) is 29.4 Å². The molecule has 3 unspecified atom stereocenters. The smallest absolute Gasteiger partial charge is 0.315 e. The molecule has 0 spiro atoms. The van der Waals surface area contributed by atoms with Gasteiger partial charge in [0.25, 0.3) is 0 Å². The zero-order valence-electron chi connectivity index (χ0n) is 15.8. The first-order chi connectivity index (χ1) is 14.1. The number of nitrogens with two attached hydrogens (primary N) is 1. The number of nitrogens with one attached hydrogen (secondary N) is 1. The van der Waals surface area contributed by atoms with Gasteiger partial charge in [0.1, 0.15) is 35.2 Å². The number of phenols is 1. The van der Waals surface area contributed by atoms with Gasteiger partial charge in [-0.15, -0.1) is 11.8 Å². The Morgan fingerprint density at radius 1 is 1.47 bits per heavy atom. The standard InChI is InChI=1S/C18H20ClN3O7S/c1-8(23)29-6-18(17(27)28)5-22-15(26)13(16(22)30-7-18)21-14(25)12(20)9-2-3-11(24)10(19)4-9/h2-4,12-13,16,24H,5-7,20H2,1H3,(H,21,25)(H,27,28)/t12?,13?,16-,18?/m1/s1. The highest BCUT2D eigenvalue weighted by Crippen LogP contribution is 2.42. The lowest BCUT2D eigenvalue weighted by Crippen LogP contribution is -2.74. The van der Waals surface area contributed by atoms with Crippen LogP contribution < -0.4 is 11.1 Å². The molecule has 4 atom stereocenters. The van der Waals surface area contributed by atoms with E-state index >= 15 is 0 Å². The molecule has 0 aliphatic carbocycles. The summed E-state index contributed by atoms with van der Waals surface area (Å²) in [6.45, 7) is 0.710. The molecule has 162 valence electrons. The summed E-state index contributed by atoms with van der Waals surface area (Å²) >= 11 is 7.03. The molecule has 12 heteroatoms. The molecular formula is C18H20ClN3O7S. The van der Waals surface area contributed by atoms with Gasteiger partial charge in [-0.1, -0.05) is 17.7 Å². The first-order valence-electron chi connectivity index (χ1n) is 8.89. The fourth-order valence-corrected chi connectivity index (χ4v) is 4.97. The first-order valence-corrected chi connectivity index (χ1v) is 10.3. The summed E-state index contributed by atoms with van der Waals surface area (Å²) in [5.74, 6) is -2.86. The predicted octanol–water partition coefficient (Wildman–Crippen LogP) is 0.0794. The van der Waals surface area contributed by atoms with Crippen LogP contribution >= 0.6 is 23.4 Å². The van der Waals surface area contributed by atoms with E-state index in [0.717, 1.165) is 0 Å². The Morgan fingerprint density at radius 2 is 2.17 bits per heavy atom. The predicted molar refractivity (Wildman–Crippen MR) is 107 cm³/mol. The van der Waals surface area contributed by atoms with E-state index in [1.165, 1.54) is 41.8 Å². The van der Waals surface area contributed by atoms with Crippen LogP contribution in [-0.2, 0) is 23.9 Å². The van der Waals surface area contributed by atoms with Gasteiger partial charge in [0, 0.05) is 19.2 Å². The lowest BCUT2D eigenvalue weighted by Gasteiger charge is -2.53. The summed E-state index contributed by atoms with van der Waals surface area (Å²) in [5.41, 5.74) is 4.89. The van der Waals surface area contributed by atoms with Crippen molar-refractivity contribution in [2.24, 2.45) is 11.1 Å². The maximum Gasteiger partial charge on any atom is 0.315 e. The van der Waals surface area contributed by atoms with Gasteiger partial charge in [-0.05, 0) is 17.7 Å². The summed E-state index contributed by atoms with van der Waals surface area (Å²) in [7, 11) is 0. The molecule has 2 aliphatic rings. The van der Waals surface area contributed by atoms with E-state index in [2.05, 4.69) is 5.32 Å². The maximum atomic E-state index is 12.5. The summed E-state index contributed by atoms with van der Waals surface area (Å²) in [6, 6.07) is 2.17. The molecule has 3 rings (SSSR count). The molecule has 2 amide bonds. The van der Waals surface area contributed by atoms with Gasteiger partial charge in [0.2, 0.25) is 11.8 Å². The second kappa shape index (κ2) is 8.32. The minimum atomic E-state index is -1.41. The highest BCUT2D eigenvalue weighted by molar-refractivity contribution is 8.00. The summed E-state index contributed by atoms with van der Waals surface area (Å²) in [4.78, 5) is 49.2. The van der Waals surface area contributed by atoms with E-state index in [1.807, 2.05) is 0 Å². The SMILES string of the molecule is CC(=O)OCC1(C(=O)O)CS[C@@H]2C(NC(=O)C(N)c3ccc(O)c(Cl)c3)C(=O)N2C1. The number of carboxylic acids is 1. The Bertz CT molecular complexity index is 914. The van der Waals surface area contributed by atoms with Crippen molar-refractivity contribution in [1.82, 2.24) is 10.2 Å². The average Bonchev–Trinajstić information content (AvgIpc) is 2.71. The Morgan fingerprint density at radius 3 is 2.77 bits per heavy atom. The van der Waals surface area contributed by atoms with Crippen LogP contribution in [0.2, 0.25) is 5.02 Å². The molecule has 1 aromatic rings. The fraction of sp³-hybridized carbons (Fsp3) is 0.444. The van der Waals surface area contributed by atoms with Gasteiger partial charge in [-0.2, -0.15) is 0 Å². The number of carbonyl (C=O) groups excluding carboxylic acids is 3. The molecule has 10 nitrogen and oxygen atoms in total. The number of carboxylic acid groups (broad SMARTS) is 1. The Kier molecular flexibility index (Phi) is 6.16. The van der Waals surface area contributed by atoms with Gasteiger partial charge >= 0.3 is 11.9 Å². The van der Waals surface area contributed by atoms with E-state index in [0.29, 0.717) is 5.56 Å².